The van der Waals surface area contributed by atoms with E-state index in [0.29, 0.717) is 30.5 Å². The van der Waals surface area contributed by atoms with E-state index in [4.69, 9.17) is 10.5 Å². The summed E-state index contributed by atoms with van der Waals surface area (Å²) in [6, 6.07) is 3.47. The largest absolute Gasteiger partial charge is 0.477 e. The third-order valence-corrected chi connectivity index (χ3v) is 4.51. The Labute approximate surface area is 158 Å². The summed E-state index contributed by atoms with van der Waals surface area (Å²) in [4.78, 5) is 29.1. The molecule has 1 fully saturated rings. The SMILES string of the molecule is CCOc1cnc(NC(=O)N(C)[C@@H]2CCCN(c3cc(N)ccn3)C2)cn1. The molecule has 2 aromatic rings. The zero-order valence-corrected chi connectivity index (χ0v) is 15.6. The minimum Gasteiger partial charge on any atom is -0.477 e. The van der Waals surface area contributed by atoms with Gasteiger partial charge in [-0.2, -0.15) is 0 Å². The van der Waals surface area contributed by atoms with Crippen molar-refractivity contribution in [1.29, 1.82) is 0 Å². The number of anilines is 3. The molecule has 0 saturated carbocycles. The lowest BCUT2D eigenvalue weighted by Crippen LogP contribution is -2.50. The topological polar surface area (TPSA) is 110 Å². The molecule has 9 nitrogen and oxygen atoms in total. The van der Waals surface area contributed by atoms with Crippen LogP contribution in [0.15, 0.2) is 30.7 Å². The molecule has 9 heteroatoms. The second kappa shape index (κ2) is 8.52. The summed E-state index contributed by atoms with van der Waals surface area (Å²) in [5, 5.41) is 2.78. The summed E-state index contributed by atoms with van der Waals surface area (Å²) >= 11 is 0. The van der Waals surface area contributed by atoms with E-state index in [1.165, 1.54) is 12.4 Å². The Kier molecular flexibility index (Phi) is 5.90. The molecule has 2 aromatic heterocycles. The fourth-order valence-corrected chi connectivity index (χ4v) is 3.05. The van der Waals surface area contributed by atoms with Crippen LogP contribution >= 0.6 is 0 Å². The van der Waals surface area contributed by atoms with Gasteiger partial charge in [-0.25, -0.2) is 19.7 Å². The molecule has 1 aliphatic rings. The predicted octanol–water partition coefficient (Wildman–Crippen LogP) is 1.99. The smallest absolute Gasteiger partial charge is 0.323 e. The summed E-state index contributed by atoms with van der Waals surface area (Å²) in [5.74, 6) is 1.66. The van der Waals surface area contributed by atoms with E-state index in [0.717, 1.165) is 25.2 Å². The van der Waals surface area contributed by atoms with Gasteiger partial charge in [-0.05, 0) is 25.8 Å². The zero-order valence-electron chi connectivity index (χ0n) is 15.6. The van der Waals surface area contributed by atoms with Gasteiger partial charge in [-0.3, -0.25) is 5.32 Å². The number of ether oxygens (including phenoxy) is 1. The summed E-state index contributed by atoms with van der Waals surface area (Å²) in [5.41, 5.74) is 6.54. The van der Waals surface area contributed by atoms with E-state index in [2.05, 4.69) is 25.2 Å². The van der Waals surface area contributed by atoms with E-state index >= 15 is 0 Å². The van der Waals surface area contributed by atoms with Crippen LogP contribution in [0.4, 0.5) is 22.1 Å². The third-order valence-electron chi connectivity index (χ3n) is 4.51. The first-order valence-electron chi connectivity index (χ1n) is 9.02. The minimum absolute atomic E-state index is 0.0673. The van der Waals surface area contributed by atoms with Gasteiger partial charge in [-0.1, -0.05) is 0 Å². The van der Waals surface area contributed by atoms with Crippen LogP contribution in [0.3, 0.4) is 0 Å². The van der Waals surface area contributed by atoms with Crippen LogP contribution in [0, 0.1) is 0 Å². The number of rotatable bonds is 5. The number of likely N-dealkylation sites (N-methyl/N-ethyl adjacent to an activating group) is 1. The molecule has 0 aromatic carbocycles. The van der Waals surface area contributed by atoms with E-state index < -0.39 is 0 Å². The lowest BCUT2D eigenvalue weighted by molar-refractivity contribution is 0.195. The second-order valence-corrected chi connectivity index (χ2v) is 6.40. The monoisotopic (exact) mass is 371 g/mol. The zero-order chi connectivity index (χ0) is 19.2. The fourth-order valence-electron chi connectivity index (χ4n) is 3.05. The van der Waals surface area contributed by atoms with Crippen LogP contribution in [0.2, 0.25) is 0 Å². The highest BCUT2D eigenvalue weighted by Crippen LogP contribution is 2.22. The number of nitrogens with two attached hydrogens (primary N) is 1. The number of nitrogens with zero attached hydrogens (tertiary/aromatic N) is 5. The van der Waals surface area contributed by atoms with Crippen molar-refractivity contribution in [1.82, 2.24) is 19.9 Å². The van der Waals surface area contributed by atoms with Gasteiger partial charge >= 0.3 is 6.03 Å². The van der Waals surface area contributed by atoms with Crippen molar-refractivity contribution >= 4 is 23.4 Å². The van der Waals surface area contributed by atoms with E-state index in [1.54, 1.807) is 24.2 Å². The van der Waals surface area contributed by atoms with Gasteiger partial charge in [0.05, 0.1) is 25.0 Å². The highest BCUT2D eigenvalue weighted by molar-refractivity contribution is 5.88. The lowest BCUT2D eigenvalue weighted by Gasteiger charge is -2.38. The van der Waals surface area contributed by atoms with Crippen molar-refractivity contribution in [2.45, 2.75) is 25.8 Å². The van der Waals surface area contributed by atoms with Crippen LogP contribution in [0.1, 0.15) is 19.8 Å². The van der Waals surface area contributed by atoms with Crippen LogP contribution in [0.25, 0.3) is 0 Å². The molecule has 0 spiro atoms. The Hall–Kier alpha value is -3.10. The predicted molar refractivity (Wildman–Crippen MR) is 104 cm³/mol. The summed E-state index contributed by atoms with van der Waals surface area (Å²) in [6.07, 6.45) is 6.59. The van der Waals surface area contributed by atoms with Gasteiger partial charge < -0.3 is 20.3 Å². The molecule has 144 valence electrons. The van der Waals surface area contributed by atoms with Gasteiger partial charge in [0.2, 0.25) is 5.88 Å². The summed E-state index contributed by atoms with van der Waals surface area (Å²) in [7, 11) is 1.79. The number of carbonyl (C=O) groups excluding carboxylic acids is 1. The Morgan fingerprint density at radius 1 is 1.41 bits per heavy atom. The molecule has 3 rings (SSSR count). The van der Waals surface area contributed by atoms with Gasteiger partial charge in [0.1, 0.15) is 5.82 Å². The molecule has 27 heavy (non-hydrogen) atoms. The normalized spacial score (nSPS) is 16.7. The van der Waals surface area contributed by atoms with E-state index in [-0.39, 0.29) is 12.1 Å². The summed E-state index contributed by atoms with van der Waals surface area (Å²) in [6.45, 7) is 3.99. The quantitative estimate of drug-likeness (QED) is 0.827. The standard InChI is InChI=1S/C18H25N7O2/c1-3-27-17-11-21-15(10-22-17)23-18(26)24(2)14-5-4-8-25(12-14)16-9-13(19)6-7-20-16/h6-7,9-11,14H,3-5,8,12H2,1-2H3,(H2,19,20)(H,21,23,26)/t14-/m1/s1. The number of nitrogens with one attached hydrogen (secondary N) is 1. The maximum Gasteiger partial charge on any atom is 0.323 e. The van der Waals surface area contributed by atoms with Crippen LogP contribution in [-0.2, 0) is 0 Å². The van der Waals surface area contributed by atoms with Crippen LogP contribution in [-0.4, -0.2) is 58.7 Å². The van der Waals surface area contributed by atoms with Crippen molar-refractivity contribution in [3.8, 4) is 5.88 Å². The molecule has 0 aliphatic carbocycles. The molecule has 0 bridgehead atoms. The third kappa shape index (κ3) is 4.75. The molecule has 3 heterocycles. The van der Waals surface area contributed by atoms with Gasteiger partial charge in [0, 0.05) is 38.1 Å². The van der Waals surface area contributed by atoms with Crippen molar-refractivity contribution in [3.05, 3.63) is 30.7 Å². The fraction of sp³-hybridized carbons (Fsp3) is 0.444. The van der Waals surface area contributed by atoms with Crippen molar-refractivity contribution in [3.63, 3.8) is 0 Å². The first-order chi connectivity index (χ1) is 13.1. The molecular weight excluding hydrogens is 346 g/mol. The number of nitrogen functional groups attached to an aromatic ring is 1. The van der Waals surface area contributed by atoms with Gasteiger partial charge in [0.15, 0.2) is 5.82 Å². The Morgan fingerprint density at radius 3 is 2.96 bits per heavy atom. The number of carbonyl (C=O) groups is 1. The van der Waals surface area contributed by atoms with Gasteiger partial charge in [-0.15, -0.1) is 0 Å². The molecule has 3 N–H and O–H groups in total. The lowest BCUT2D eigenvalue weighted by atomic mass is 10.0. The number of piperidine rings is 1. The first-order valence-corrected chi connectivity index (χ1v) is 9.02. The minimum atomic E-state index is -0.221. The number of hydrogen-bond donors (Lipinski definition) is 2. The number of amides is 2. The average molecular weight is 371 g/mol. The molecule has 0 unspecified atom stereocenters. The maximum atomic E-state index is 12.6. The van der Waals surface area contributed by atoms with Crippen LogP contribution in [0.5, 0.6) is 5.88 Å². The number of aromatic nitrogens is 3. The number of hydrogen-bond acceptors (Lipinski definition) is 7. The molecule has 1 saturated heterocycles. The van der Waals surface area contributed by atoms with Gasteiger partial charge in [0.25, 0.3) is 0 Å². The summed E-state index contributed by atoms with van der Waals surface area (Å²) < 4.78 is 5.25. The number of pyridine rings is 1. The van der Waals surface area contributed by atoms with Crippen molar-refractivity contribution < 1.29 is 9.53 Å². The molecule has 0 radical (unpaired) electrons. The van der Waals surface area contributed by atoms with Crippen LogP contribution < -0.4 is 20.7 Å². The Morgan fingerprint density at radius 2 is 2.26 bits per heavy atom. The average Bonchev–Trinajstić information content (AvgIpc) is 2.69. The Bertz CT molecular complexity index is 769. The molecule has 1 atom stereocenters. The van der Waals surface area contributed by atoms with E-state index in [1.807, 2.05) is 13.0 Å². The van der Waals surface area contributed by atoms with Crippen molar-refractivity contribution in [2.75, 3.05) is 42.7 Å². The first kappa shape index (κ1) is 18.7. The van der Waals surface area contributed by atoms with E-state index in [9.17, 15) is 4.79 Å². The molecular formula is C18H25N7O2. The highest BCUT2D eigenvalue weighted by atomic mass is 16.5. The maximum absolute atomic E-state index is 12.6. The Balaban J connectivity index is 1.60. The molecule has 1 aliphatic heterocycles. The second-order valence-electron chi connectivity index (χ2n) is 6.40. The highest BCUT2D eigenvalue weighted by Gasteiger charge is 2.27. The van der Waals surface area contributed by atoms with Crippen molar-refractivity contribution in [2.24, 2.45) is 0 Å². The number of urea groups is 1. The molecule has 2 amide bonds.